The standard InChI is InChI=1S/C21H24ClN3O2S/c1-26-14-7-13-25-20(18-11-5-6-12-19(18)22)23-24-21(25)28-16-8-15-27-17-9-3-2-4-10-17/h2-6,9-12H,7-8,13-16H2,1H3. The van der Waals surface area contributed by atoms with Crippen LogP contribution in [0.4, 0.5) is 0 Å². The fourth-order valence-electron chi connectivity index (χ4n) is 2.73. The largest absolute Gasteiger partial charge is 0.494 e. The third-order valence-electron chi connectivity index (χ3n) is 4.09. The van der Waals surface area contributed by atoms with Gasteiger partial charge in [-0.3, -0.25) is 0 Å². The van der Waals surface area contributed by atoms with Crippen LogP contribution < -0.4 is 4.74 Å². The maximum absolute atomic E-state index is 6.38. The lowest BCUT2D eigenvalue weighted by Gasteiger charge is -2.11. The molecule has 3 rings (SSSR count). The highest BCUT2D eigenvalue weighted by atomic mass is 35.5. The topological polar surface area (TPSA) is 49.2 Å². The Morgan fingerprint density at radius 3 is 2.54 bits per heavy atom. The van der Waals surface area contributed by atoms with Gasteiger partial charge in [0.25, 0.3) is 0 Å². The predicted molar refractivity (Wildman–Crippen MR) is 114 cm³/mol. The van der Waals surface area contributed by atoms with Crippen LogP contribution in [-0.4, -0.2) is 40.8 Å². The molecule has 5 nitrogen and oxygen atoms in total. The molecule has 0 aliphatic carbocycles. The Morgan fingerprint density at radius 2 is 1.75 bits per heavy atom. The second-order valence-corrected chi connectivity index (χ2v) is 7.62. The summed E-state index contributed by atoms with van der Waals surface area (Å²) in [6.07, 6.45) is 1.81. The van der Waals surface area contributed by atoms with Gasteiger partial charge in [0.2, 0.25) is 0 Å². The zero-order valence-electron chi connectivity index (χ0n) is 15.9. The summed E-state index contributed by atoms with van der Waals surface area (Å²) >= 11 is 8.06. The molecule has 0 radical (unpaired) electrons. The van der Waals surface area contributed by atoms with E-state index in [9.17, 15) is 0 Å². The highest BCUT2D eigenvalue weighted by Crippen LogP contribution is 2.29. The van der Waals surface area contributed by atoms with Crippen LogP contribution >= 0.6 is 23.4 Å². The molecule has 0 saturated carbocycles. The second-order valence-electron chi connectivity index (χ2n) is 6.15. The number of rotatable bonds is 11. The van der Waals surface area contributed by atoms with E-state index < -0.39 is 0 Å². The average molecular weight is 418 g/mol. The summed E-state index contributed by atoms with van der Waals surface area (Å²) in [5.41, 5.74) is 0.897. The molecule has 0 amide bonds. The van der Waals surface area contributed by atoms with Crippen LogP contribution in [0.3, 0.4) is 0 Å². The van der Waals surface area contributed by atoms with Crippen molar-refractivity contribution in [2.24, 2.45) is 0 Å². The van der Waals surface area contributed by atoms with Gasteiger partial charge in [-0.15, -0.1) is 10.2 Å². The zero-order chi connectivity index (χ0) is 19.6. The summed E-state index contributed by atoms with van der Waals surface area (Å²) in [5.74, 6) is 2.60. The number of thioether (sulfide) groups is 1. The van der Waals surface area contributed by atoms with Gasteiger partial charge in [0, 0.05) is 31.6 Å². The Labute approximate surface area is 175 Å². The minimum Gasteiger partial charge on any atom is -0.494 e. The Bertz CT molecular complexity index is 858. The maximum Gasteiger partial charge on any atom is 0.191 e. The third-order valence-corrected chi connectivity index (χ3v) is 5.48. The summed E-state index contributed by atoms with van der Waals surface area (Å²) in [7, 11) is 1.71. The first-order valence-corrected chi connectivity index (χ1v) is 10.6. The quantitative estimate of drug-likeness (QED) is 0.317. The smallest absolute Gasteiger partial charge is 0.191 e. The molecule has 0 aliphatic rings. The zero-order valence-corrected chi connectivity index (χ0v) is 17.5. The van der Waals surface area contributed by atoms with Crippen molar-refractivity contribution in [2.75, 3.05) is 26.1 Å². The van der Waals surface area contributed by atoms with Crippen molar-refractivity contribution in [3.05, 3.63) is 59.6 Å². The van der Waals surface area contributed by atoms with Crippen LogP contribution in [0, 0.1) is 0 Å². The summed E-state index contributed by atoms with van der Waals surface area (Å²) in [5, 5.41) is 10.4. The van der Waals surface area contributed by atoms with Crippen molar-refractivity contribution < 1.29 is 9.47 Å². The molecule has 0 spiro atoms. The van der Waals surface area contributed by atoms with Crippen molar-refractivity contribution >= 4 is 23.4 Å². The molecule has 3 aromatic rings. The van der Waals surface area contributed by atoms with Crippen molar-refractivity contribution in [1.29, 1.82) is 0 Å². The van der Waals surface area contributed by atoms with Crippen LogP contribution in [0.5, 0.6) is 5.75 Å². The lowest BCUT2D eigenvalue weighted by molar-refractivity contribution is 0.189. The van der Waals surface area contributed by atoms with Crippen molar-refractivity contribution in [2.45, 2.75) is 24.5 Å². The summed E-state index contributed by atoms with van der Waals surface area (Å²) < 4.78 is 13.1. The molecule has 2 aromatic carbocycles. The number of hydrogen-bond acceptors (Lipinski definition) is 5. The van der Waals surface area contributed by atoms with Gasteiger partial charge >= 0.3 is 0 Å². The number of ether oxygens (including phenoxy) is 2. The predicted octanol–water partition coefficient (Wildman–Crippen LogP) is 5.20. The molecule has 0 aliphatic heterocycles. The monoisotopic (exact) mass is 417 g/mol. The van der Waals surface area contributed by atoms with Gasteiger partial charge in [-0.25, -0.2) is 0 Å². The molecular formula is C21H24ClN3O2S. The summed E-state index contributed by atoms with van der Waals surface area (Å²) in [6, 6.07) is 17.6. The SMILES string of the molecule is COCCCn1c(SCCCOc2ccccc2)nnc1-c1ccccc1Cl. The van der Waals surface area contributed by atoms with Crippen molar-refractivity contribution in [3.8, 4) is 17.1 Å². The fraction of sp³-hybridized carbons (Fsp3) is 0.333. The fourth-order valence-corrected chi connectivity index (χ4v) is 3.83. The molecule has 0 atom stereocenters. The molecule has 1 aromatic heterocycles. The highest BCUT2D eigenvalue weighted by molar-refractivity contribution is 7.99. The van der Waals surface area contributed by atoms with Crippen molar-refractivity contribution in [1.82, 2.24) is 14.8 Å². The van der Waals surface area contributed by atoms with Gasteiger partial charge in [0.15, 0.2) is 11.0 Å². The molecule has 0 unspecified atom stereocenters. The number of halogens is 1. The number of nitrogens with zero attached hydrogens (tertiary/aromatic N) is 3. The van der Waals surface area contributed by atoms with E-state index in [0.29, 0.717) is 18.2 Å². The first-order valence-electron chi connectivity index (χ1n) is 9.27. The molecule has 7 heteroatoms. The number of methoxy groups -OCH3 is 1. The van der Waals surface area contributed by atoms with Crippen LogP contribution in [0.2, 0.25) is 5.02 Å². The van der Waals surface area contributed by atoms with Gasteiger partial charge in [-0.2, -0.15) is 0 Å². The normalized spacial score (nSPS) is 10.9. The van der Waals surface area contributed by atoms with Crippen LogP contribution in [0.1, 0.15) is 12.8 Å². The van der Waals surface area contributed by atoms with Crippen LogP contribution in [0.25, 0.3) is 11.4 Å². The van der Waals surface area contributed by atoms with E-state index in [1.807, 2.05) is 54.6 Å². The summed E-state index contributed by atoms with van der Waals surface area (Å²) in [4.78, 5) is 0. The lowest BCUT2D eigenvalue weighted by atomic mass is 10.2. The van der Waals surface area contributed by atoms with Gasteiger partial charge < -0.3 is 14.0 Å². The Hall–Kier alpha value is -2.02. The number of hydrogen-bond donors (Lipinski definition) is 0. The van der Waals surface area contributed by atoms with E-state index in [2.05, 4.69) is 14.8 Å². The first kappa shape index (κ1) is 20.7. The first-order chi connectivity index (χ1) is 13.8. The van der Waals surface area contributed by atoms with E-state index in [1.54, 1.807) is 18.9 Å². The minimum absolute atomic E-state index is 0.673. The van der Waals surface area contributed by atoms with E-state index in [-0.39, 0.29) is 0 Å². The highest BCUT2D eigenvalue weighted by Gasteiger charge is 2.16. The third kappa shape index (κ3) is 5.74. The lowest BCUT2D eigenvalue weighted by Crippen LogP contribution is -2.06. The molecular weight excluding hydrogens is 394 g/mol. The Balaban J connectivity index is 1.62. The minimum atomic E-state index is 0.673. The molecule has 1 heterocycles. The van der Waals surface area contributed by atoms with Crippen molar-refractivity contribution in [3.63, 3.8) is 0 Å². The average Bonchev–Trinajstić information content (AvgIpc) is 3.12. The molecule has 0 bridgehead atoms. The molecule has 0 fully saturated rings. The van der Waals surface area contributed by atoms with Gasteiger partial charge in [-0.05, 0) is 37.1 Å². The number of benzene rings is 2. The molecule has 28 heavy (non-hydrogen) atoms. The van der Waals surface area contributed by atoms with E-state index in [1.165, 1.54) is 0 Å². The molecule has 148 valence electrons. The van der Waals surface area contributed by atoms with E-state index >= 15 is 0 Å². The van der Waals surface area contributed by atoms with Gasteiger partial charge in [0.05, 0.1) is 11.6 Å². The van der Waals surface area contributed by atoms with Gasteiger partial charge in [-0.1, -0.05) is 53.7 Å². The van der Waals surface area contributed by atoms with Crippen LogP contribution in [-0.2, 0) is 11.3 Å². The van der Waals surface area contributed by atoms with E-state index in [4.69, 9.17) is 21.1 Å². The number of para-hydroxylation sites is 1. The van der Waals surface area contributed by atoms with E-state index in [0.717, 1.165) is 47.4 Å². The number of aromatic nitrogens is 3. The van der Waals surface area contributed by atoms with Gasteiger partial charge in [0.1, 0.15) is 5.75 Å². The Morgan fingerprint density at radius 1 is 0.964 bits per heavy atom. The summed E-state index contributed by atoms with van der Waals surface area (Å²) in [6.45, 7) is 2.14. The van der Waals surface area contributed by atoms with Crippen LogP contribution in [0.15, 0.2) is 59.8 Å². The second kappa shape index (κ2) is 11.1. The molecule has 0 saturated heterocycles. The maximum atomic E-state index is 6.38. The molecule has 0 N–H and O–H groups in total. The Kier molecular flexibility index (Phi) is 8.21.